The Balaban J connectivity index is 2.28. The van der Waals surface area contributed by atoms with E-state index in [4.69, 9.17) is 4.74 Å². The molecule has 0 bridgehead atoms. The van der Waals surface area contributed by atoms with Gasteiger partial charge in [0.15, 0.2) is 0 Å². The maximum Gasteiger partial charge on any atom is 0.307 e. The molecule has 0 unspecified atom stereocenters. The molecule has 0 aromatic rings. The van der Waals surface area contributed by atoms with Crippen molar-refractivity contribution in [2.45, 2.75) is 26.2 Å². The van der Waals surface area contributed by atoms with Crippen LogP contribution in [0.15, 0.2) is 12.2 Å². The van der Waals surface area contributed by atoms with E-state index < -0.39 is 5.97 Å². The zero-order chi connectivity index (χ0) is 12.1. The Morgan fingerprint density at radius 1 is 1.38 bits per heavy atom. The fraction of sp³-hybridized carbons (Fsp3) is 0.545. The van der Waals surface area contributed by atoms with Crippen molar-refractivity contribution >= 4 is 17.8 Å². The summed E-state index contributed by atoms with van der Waals surface area (Å²) in [5.74, 6) is -0.842. The van der Waals surface area contributed by atoms with Crippen molar-refractivity contribution in [3.8, 4) is 0 Å². The van der Waals surface area contributed by atoms with E-state index in [1.165, 1.54) is 0 Å². The minimum Gasteiger partial charge on any atom is -0.461 e. The van der Waals surface area contributed by atoms with Crippen LogP contribution in [-0.2, 0) is 19.1 Å². The van der Waals surface area contributed by atoms with Gasteiger partial charge in [-0.15, -0.1) is 0 Å². The molecule has 1 aliphatic heterocycles. The van der Waals surface area contributed by atoms with E-state index in [0.717, 1.165) is 10.5 Å². The minimum atomic E-state index is -0.421. The van der Waals surface area contributed by atoms with E-state index in [2.05, 4.69) is 6.58 Å². The average Bonchev–Trinajstić information content (AvgIpc) is 2.53. The second kappa shape index (κ2) is 5.44. The van der Waals surface area contributed by atoms with Gasteiger partial charge < -0.3 is 4.74 Å². The van der Waals surface area contributed by atoms with Crippen LogP contribution >= 0.6 is 0 Å². The first kappa shape index (κ1) is 12.4. The van der Waals surface area contributed by atoms with Crippen LogP contribution in [0.5, 0.6) is 0 Å². The third-order valence-corrected chi connectivity index (χ3v) is 2.17. The molecule has 1 fully saturated rings. The fourth-order valence-electron chi connectivity index (χ4n) is 1.35. The van der Waals surface area contributed by atoms with Crippen LogP contribution in [0.1, 0.15) is 26.2 Å². The maximum atomic E-state index is 11.2. The van der Waals surface area contributed by atoms with Gasteiger partial charge in [-0.05, 0) is 12.5 Å². The van der Waals surface area contributed by atoms with Gasteiger partial charge in [0.05, 0.1) is 6.42 Å². The van der Waals surface area contributed by atoms with Crippen LogP contribution in [0, 0.1) is 0 Å². The van der Waals surface area contributed by atoms with E-state index in [1.54, 1.807) is 6.92 Å². The average molecular weight is 225 g/mol. The van der Waals surface area contributed by atoms with E-state index in [-0.39, 0.29) is 44.2 Å². The molecular weight excluding hydrogens is 210 g/mol. The van der Waals surface area contributed by atoms with E-state index >= 15 is 0 Å². The molecular formula is C11H15NO4. The molecule has 88 valence electrons. The van der Waals surface area contributed by atoms with Crippen molar-refractivity contribution < 1.29 is 19.1 Å². The van der Waals surface area contributed by atoms with Gasteiger partial charge >= 0.3 is 5.97 Å². The predicted octanol–water partition coefficient (Wildman–Crippen LogP) is 0.645. The number of carbonyl (C=O) groups excluding carboxylic acids is 3. The first-order valence-electron chi connectivity index (χ1n) is 5.14. The van der Waals surface area contributed by atoms with Crippen LogP contribution in [0.2, 0.25) is 0 Å². The number of nitrogens with zero attached hydrogens (tertiary/aromatic N) is 1. The number of imide groups is 1. The molecule has 0 spiro atoms. The lowest BCUT2D eigenvalue weighted by Gasteiger charge is -2.12. The number of amides is 2. The number of likely N-dealkylation sites (tertiary alicyclic amines) is 1. The lowest BCUT2D eigenvalue weighted by molar-refractivity contribution is -0.144. The lowest BCUT2D eigenvalue weighted by Crippen LogP contribution is -2.31. The largest absolute Gasteiger partial charge is 0.461 e. The highest BCUT2D eigenvalue weighted by Gasteiger charge is 2.28. The summed E-state index contributed by atoms with van der Waals surface area (Å²) in [7, 11) is 0. The van der Waals surface area contributed by atoms with Gasteiger partial charge in [0.1, 0.15) is 6.61 Å². The van der Waals surface area contributed by atoms with Gasteiger partial charge in [-0.3, -0.25) is 19.3 Å². The molecule has 5 nitrogen and oxygen atoms in total. The Morgan fingerprint density at radius 3 is 2.44 bits per heavy atom. The normalized spacial score (nSPS) is 15.4. The summed E-state index contributed by atoms with van der Waals surface area (Å²) in [6.07, 6.45) is 0.546. The second-order valence-electron chi connectivity index (χ2n) is 3.81. The summed E-state index contributed by atoms with van der Waals surface area (Å²) >= 11 is 0. The Bertz CT molecular complexity index is 319. The lowest BCUT2D eigenvalue weighted by atomic mass is 10.3. The van der Waals surface area contributed by atoms with Crippen molar-refractivity contribution in [3.63, 3.8) is 0 Å². The summed E-state index contributed by atoms with van der Waals surface area (Å²) in [6, 6.07) is 0. The maximum absolute atomic E-state index is 11.2. The van der Waals surface area contributed by atoms with Crippen LogP contribution in [0.25, 0.3) is 0 Å². The van der Waals surface area contributed by atoms with Crippen LogP contribution < -0.4 is 0 Å². The molecule has 0 N–H and O–H groups in total. The smallest absolute Gasteiger partial charge is 0.307 e. The molecule has 1 aliphatic rings. The summed E-state index contributed by atoms with van der Waals surface area (Å²) < 4.78 is 4.85. The van der Waals surface area contributed by atoms with Gasteiger partial charge in [0.25, 0.3) is 0 Å². The molecule has 0 atom stereocenters. The van der Waals surface area contributed by atoms with Gasteiger partial charge in [-0.1, -0.05) is 6.58 Å². The quantitative estimate of drug-likeness (QED) is 0.391. The molecule has 5 heteroatoms. The molecule has 16 heavy (non-hydrogen) atoms. The number of hydrogen-bond acceptors (Lipinski definition) is 4. The van der Waals surface area contributed by atoms with Crippen molar-refractivity contribution in [3.05, 3.63) is 12.2 Å². The monoisotopic (exact) mass is 225 g/mol. The molecule has 0 aromatic carbocycles. The topological polar surface area (TPSA) is 63.7 Å². The van der Waals surface area contributed by atoms with Crippen molar-refractivity contribution in [1.82, 2.24) is 4.90 Å². The summed E-state index contributed by atoms with van der Waals surface area (Å²) in [4.78, 5) is 34.7. The molecule has 2 amide bonds. The van der Waals surface area contributed by atoms with E-state index in [1.807, 2.05) is 0 Å². The third-order valence-electron chi connectivity index (χ3n) is 2.17. The Labute approximate surface area is 94.1 Å². The van der Waals surface area contributed by atoms with Gasteiger partial charge in [-0.25, -0.2) is 0 Å². The zero-order valence-corrected chi connectivity index (χ0v) is 9.32. The SMILES string of the molecule is C=C(C)COC(=O)CCN1C(=O)CCC1=O. The van der Waals surface area contributed by atoms with Gasteiger partial charge in [-0.2, -0.15) is 0 Å². The highest BCUT2D eigenvalue weighted by molar-refractivity contribution is 6.02. The second-order valence-corrected chi connectivity index (χ2v) is 3.81. The molecule has 0 aromatic heterocycles. The first-order valence-corrected chi connectivity index (χ1v) is 5.14. The molecule has 0 radical (unpaired) electrons. The Morgan fingerprint density at radius 2 is 1.94 bits per heavy atom. The number of hydrogen-bond donors (Lipinski definition) is 0. The highest BCUT2D eigenvalue weighted by Crippen LogP contribution is 2.11. The zero-order valence-electron chi connectivity index (χ0n) is 9.32. The molecule has 1 rings (SSSR count). The third kappa shape index (κ3) is 3.49. The van der Waals surface area contributed by atoms with E-state index in [9.17, 15) is 14.4 Å². The first-order chi connectivity index (χ1) is 7.50. The van der Waals surface area contributed by atoms with Gasteiger partial charge in [0, 0.05) is 19.4 Å². The number of rotatable bonds is 5. The molecule has 1 heterocycles. The van der Waals surface area contributed by atoms with E-state index in [0.29, 0.717) is 0 Å². The Kier molecular flexibility index (Phi) is 4.22. The van der Waals surface area contributed by atoms with Crippen molar-refractivity contribution in [1.29, 1.82) is 0 Å². The van der Waals surface area contributed by atoms with Gasteiger partial charge in [0.2, 0.25) is 11.8 Å². The summed E-state index contributed by atoms with van der Waals surface area (Å²) in [6.45, 7) is 5.64. The minimum absolute atomic E-state index is 0.0464. The fourth-order valence-corrected chi connectivity index (χ4v) is 1.35. The predicted molar refractivity (Wildman–Crippen MR) is 56.3 cm³/mol. The standard InChI is InChI=1S/C11H15NO4/c1-8(2)7-16-11(15)5-6-12-9(13)3-4-10(12)14/h1,3-7H2,2H3. The number of ether oxygens (including phenoxy) is 1. The number of carbonyl (C=O) groups is 3. The van der Waals surface area contributed by atoms with Crippen LogP contribution in [0.3, 0.4) is 0 Å². The van der Waals surface area contributed by atoms with Crippen molar-refractivity contribution in [2.75, 3.05) is 13.2 Å². The summed E-state index contributed by atoms with van der Waals surface area (Å²) in [5, 5.41) is 0. The molecule has 0 saturated carbocycles. The Hall–Kier alpha value is -1.65. The summed E-state index contributed by atoms with van der Waals surface area (Å²) in [5.41, 5.74) is 0.752. The van der Waals surface area contributed by atoms with Crippen LogP contribution in [0.4, 0.5) is 0 Å². The molecule has 1 saturated heterocycles. The highest BCUT2D eigenvalue weighted by atomic mass is 16.5. The number of esters is 1. The molecule has 0 aliphatic carbocycles. The van der Waals surface area contributed by atoms with Crippen LogP contribution in [-0.4, -0.2) is 35.8 Å². The van der Waals surface area contributed by atoms with Crippen molar-refractivity contribution in [2.24, 2.45) is 0 Å².